The molecule has 1 fully saturated rings. The molecule has 2 aliphatic rings. The lowest BCUT2D eigenvalue weighted by Crippen LogP contribution is -2.36. The first-order valence-corrected chi connectivity index (χ1v) is 10.3. The number of rotatable bonds is 5. The van der Waals surface area contributed by atoms with E-state index in [0.29, 0.717) is 26.0 Å². The van der Waals surface area contributed by atoms with Gasteiger partial charge in [0, 0.05) is 37.5 Å². The van der Waals surface area contributed by atoms with Gasteiger partial charge in [-0.15, -0.1) is 0 Å². The number of ether oxygens (including phenoxy) is 1. The number of hydrogen-bond acceptors (Lipinski definition) is 4. The quantitative estimate of drug-likeness (QED) is 0.813. The predicted octanol–water partition coefficient (Wildman–Crippen LogP) is 2.66. The third kappa shape index (κ3) is 4.34. The van der Waals surface area contributed by atoms with Crippen LogP contribution in [0.1, 0.15) is 47.3 Å². The summed E-state index contributed by atoms with van der Waals surface area (Å²) in [6.07, 6.45) is 3.37. The summed E-state index contributed by atoms with van der Waals surface area (Å²) in [6, 6.07) is 5.99. The molecule has 2 aliphatic heterocycles. The van der Waals surface area contributed by atoms with Crippen LogP contribution in [0.3, 0.4) is 0 Å². The first kappa shape index (κ1) is 19.6. The Morgan fingerprint density at radius 3 is 2.90 bits per heavy atom. The summed E-state index contributed by atoms with van der Waals surface area (Å²) in [7, 11) is 0. The molecule has 0 saturated carbocycles. The van der Waals surface area contributed by atoms with Crippen molar-refractivity contribution in [2.24, 2.45) is 0 Å². The molecule has 0 unspecified atom stereocenters. The number of aromatic nitrogens is 2. The van der Waals surface area contributed by atoms with Crippen LogP contribution in [0.2, 0.25) is 0 Å². The van der Waals surface area contributed by atoms with Crippen LogP contribution in [-0.2, 0) is 33.7 Å². The second kappa shape index (κ2) is 8.37. The van der Waals surface area contributed by atoms with Crippen LogP contribution in [0.25, 0.3) is 0 Å². The number of carbonyl (C=O) groups is 2. The van der Waals surface area contributed by atoms with E-state index in [2.05, 4.69) is 21.6 Å². The van der Waals surface area contributed by atoms with Crippen LogP contribution in [-0.4, -0.2) is 46.2 Å². The molecule has 3 heterocycles. The fourth-order valence-corrected chi connectivity index (χ4v) is 4.19. The van der Waals surface area contributed by atoms with Gasteiger partial charge in [0.1, 0.15) is 6.10 Å². The third-order valence-electron chi connectivity index (χ3n) is 5.93. The van der Waals surface area contributed by atoms with Crippen LogP contribution < -0.4 is 5.32 Å². The molecule has 4 rings (SSSR count). The second-order valence-electron chi connectivity index (χ2n) is 7.95. The van der Waals surface area contributed by atoms with Gasteiger partial charge in [-0.1, -0.05) is 6.07 Å². The number of carbonyl (C=O) groups excluding carboxylic acids is 2. The number of hydrogen-bond donors (Lipinski definition) is 2. The summed E-state index contributed by atoms with van der Waals surface area (Å²) in [6.45, 7) is 5.92. The van der Waals surface area contributed by atoms with Crippen LogP contribution >= 0.6 is 0 Å². The van der Waals surface area contributed by atoms with Crippen LogP contribution in [0.5, 0.6) is 0 Å². The van der Waals surface area contributed by atoms with E-state index >= 15 is 0 Å². The Morgan fingerprint density at radius 1 is 1.31 bits per heavy atom. The Labute approximate surface area is 170 Å². The van der Waals surface area contributed by atoms with E-state index in [1.54, 1.807) is 0 Å². The number of aromatic amines is 1. The molecule has 0 aliphatic carbocycles. The molecule has 2 amide bonds. The van der Waals surface area contributed by atoms with Gasteiger partial charge in [0.15, 0.2) is 0 Å². The Hall–Kier alpha value is -2.67. The van der Waals surface area contributed by atoms with Crippen molar-refractivity contribution in [1.82, 2.24) is 15.1 Å². The molecule has 1 aromatic heterocycles. The maximum atomic E-state index is 12.8. The molecule has 1 atom stereocenters. The third-order valence-corrected chi connectivity index (χ3v) is 5.93. The van der Waals surface area contributed by atoms with Crippen LogP contribution in [0.15, 0.2) is 18.2 Å². The highest BCUT2D eigenvalue weighted by Gasteiger charge is 2.25. The molecule has 154 valence electrons. The average molecular weight is 396 g/mol. The van der Waals surface area contributed by atoms with Gasteiger partial charge in [-0.05, 0) is 68.4 Å². The van der Waals surface area contributed by atoms with E-state index in [-0.39, 0.29) is 17.9 Å². The maximum Gasteiger partial charge on any atom is 0.253 e. The fraction of sp³-hybridized carbons (Fsp3) is 0.500. The van der Waals surface area contributed by atoms with Crippen LogP contribution in [0.4, 0.5) is 5.69 Å². The van der Waals surface area contributed by atoms with Gasteiger partial charge in [-0.3, -0.25) is 14.7 Å². The minimum absolute atomic E-state index is 0.0861. The molecule has 29 heavy (non-hydrogen) atoms. The van der Waals surface area contributed by atoms with Gasteiger partial charge in [-0.25, -0.2) is 0 Å². The number of benzene rings is 1. The molecule has 0 radical (unpaired) electrons. The van der Waals surface area contributed by atoms with E-state index in [1.165, 1.54) is 5.56 Å². The first-order chi connectivity index (χ1) is 14.0. The maximum absolute atomic E-state index is 12.8. The number of H-pyrrole nitrogens is 1. The summed E-state index contributed by atoms with van der Waals surface area (Å²) in [5, 5.41) is 10.1. The molecule has 2 N–H and O–H groups in total. The van der Waals surface area contributed by atoms with E-state index in [0.717, 1.165) is 54.0 Å². The molecule has 0 spiro atoms. The lowest BCUT2D eigenvalue weighted by atomic mass is 9.98. The molecule has 1 aromatic carbocycles. The lowest BCUT2D eigenvalue weighted by molar-refractivity contribution is -0.132. The van der Waals surface area contributed by atoms with Crippen LogP contribution in [0, 0.1) is 13.8 Å². The summed E-state index contributed by atoms with van der Waals surface area (Å²) in [5.74, 6) is 0.0708. The molecule has 7 heteroatoms. The standard InChI is InChI=1S/C22H28N4O3/c1-14-19(15(2)25-24-14)7-8-21(27)26-10-9-16-5-6-18(12-17(16)13-26)23-22(28)20-4-3-11-29-20/h5-6,12,20H,3-4,7-11,13H2,1-2H3,(H,23,28)(H,24,25)/t20-/m0/s1. The monoisotopic (exact) mass is 396 g/mol. The van der Waals surface area contributed by atoms with Gasteiger partial charge < -0.3 is 15.0 Å². The summed E-state index contributed by atoms with van der Waals surface area (Å²) in [4.78, 5) is 27.0. The van der Waals surface area contributed by atoms with Gasteiger partial charge in [0.05, 0.1) is 5.69 Å². The highest BCUT2D eigenvalue weighted by atomic mass is 16.5. The minimum atomic E-state index is -0.348. The summed E-state index contributed by atoms with van der Waals surface area (Å²) in [5.41, 5.74) is 6.24. The zero-order valence-electron chi connectivity index (χ0n) is 17.1. The van der Waals surface area contributed by atoms with Crippen molar-refractivity contribution in [3.05, 3.63) is 46.3 Å². The molecule has 0 bridgehead atoms. The molecule has 1 saturated heterocycles. The SMILES string of the molecule is Cc1n[nH]c(C)c1CCC(=O)N1CCc2ccc(NC(=O)[C@@H]3CCCO3)cc2C1. The second-order valence-corrected chi connectivity index (χ2v) is 7.95. The normalized spacial score (nSPS) is 18.6. The van der Waals surface area contributed by atoms with E-state index < -0.39 is 0 Å². The molecule has 2 aromatic rings. The Balaban J connectivity index is 1.38. The number of nitrogens with one attached hydrogen (secondary N) is 2. The van der Waals surface area contributed by atoms with Gasteiger partial charge in [-0.2, -0.15) is 5.10 Å². The van der Waals surface area contributed by atoms with E-state index in [9.17, 15) is 9.59 Å². The van der Waals surface area contributed by atoms with Gasteiger partial charge in [0.25, 0.3) is 5.91 Å². The van der Waals surface area contributed by atoms with Gasteiger partial charge in [0.2, 0.25) is 5.91 Å². The van der Waals surface area contributed by atoms with Crippen molar-refractivity contribution in [3.8, 4) is 0 Å². The first-order valence-electron chi connectivity index (χ1n) is 10.3. The molecular weight excluding hydrogens is 368 g/mol. The number of amides is 2. The highest BCUT2D eigenvalue weighted by Crippen LogP contribution is 2.24. The predicted molar refractivity (Wildman–Crippen MR) is 110 cm³/mol. The Morgan fingerprint density at radius 2 is 2.17 bits per heavy atom. The van der Waals surface area contributed by atoms with Crippen molar-refractivity contribution < 1.29 is 14.3 Å². The van der Waals surface area contributed by atoms with Crippen molar-refractivity contribution in [2.75, 3.05) is 18.5 Å². The van der Waals surface area contributed by atoms with Crippen molar-refractivity contribution in [2.45, 2.75) is 58.6 Å². The largest absolute Gasteiger partial charge is 0.368 e. The fourth-order valence-electron chi connectivity index (χ4n) is 4.19. The average Bonchev–Trinajstić information content (AvgIpc) is 3.36. The smallest absolute Gasteiger partial charge is 0.253 e. The van der Waals surface area contributed by atoms with E-state index in [4.69, 9.17) is 4.74 Å². The van der Waals surface area contributed by atoms with Crippen molar-refractivity contribution >= 4 is 17.5 Å². The number of aryl methyl sites for hydroxylation is 2. The summed E-state index contributed by atoms with van der Waals surface area (Å²) < 4.78 is 5.45. The lowest BCUT2D eigenvalue weighted by Gasteiger charge is -2.29. The summed E-state index contributed by atoms with van der Waals surface area (Å²) >= 11 is 0. The van der Waals surface area contributed by atoms with Crippen molar-refractivity contribution in [3.63, 3.8) is 0 Å². The Kier molecular flexibility index (Phi) is 5.67. The topological polar surface area (TPSA) is 87.3 Å². The van der Waals surface area contributed by atoms with Gasteiger partial charge >= 0.3 is 0 Å². The number of nitrogens with zero attached hydrogens (tertiary/aromatic N) is 2. The number of fused-ring (bicyclic) bond motifs is 1. The zero-order chi connectivity index (χ0) is 20.4. The molecular formula is C22H28N4O3. The van der Waals surface area contributed by atoms with E-state index in [1.807, 2.05) is 30.9 Å². The number of anilines is 1. The highest BCUT2D eigenvalue weighted by molar-refractivity contribution is 5.94. The minimum Gasteiger partial charge on any atom is -0.368 e. The van der Waals surface area contributed by atoms with Crippen molar-refractivity contribution in [1.29, 1.82) is 0 Å². The zero-order valence-corrected chi connectivity index (χ0v) is 17.1. The Bertz CT molecular complexity index is 895. The molecule has 7 nitrogen and oxygen atoms in total.